The fourth-order valence-electron chi connectivity index (χ4n) is 2.87. The molecule has 1 aliphatic heterocycles. The van der Waals surface area contributed by atoms with Crippen LogP contribution in [0.1, 0.15) is 25.3 Å². The fourth-order valence-corrected chi connectivity index (χ4v) is 4.32. The second-order valence-electron chi connectivity index (χ2n) is 5.40. The van der Waals surface area contributed by atoms with E-state index in [9.17, 15) is 8.42 Å². The molecule has 4 nitrogen and oxygen atoms in total. The zero-order valence-electron chi connectivity index (χ0n) is 12.2. The molecule has 1 aromatic heterocycles. The zero-order chi connectivity index (χ0) is 14.9. The summed E-state index contributed by atoms with van der Waals surface area (Å²) in [6, 6.07) is 8.19. The number of nitrogens with one attached hydrogen (secondary N) is 1. The van der Waals surface area contributed by atoms with Crippen LogP contribution in [0.2, 0.25) is 0 Å². The van der Waals surface area contributed by atoms with Crippen molar-refractivity contribution in [3.8, 4) is 0 Å². The lowest BCUT2D eigenvalue weighted by molar-refractivity contribution is 0.441. The van der Waals surface area contributed by atoms with Crippen molar-refractivity contribution < 1.29 is 8.42 Å². The average Bonchev–Trinajstić information content (AvgIpc) is 2.91. The molecule has 5 heteroatoms. The molecule has 0 saturated heterocycles. The Morgan fingerprint density at radius 3 is 2.81 bits per heavy atom. The van der Waals surface area contributed by atoms with Crippen molar-refractivity contribution in [2.75, 3.05) is 18.8 Å². The van der Waals surface area contributed by atoms with Crippen LogP contribution < -0.4 is 0 Å². The van der Waals surface area contributed by atoms with Gasteiger partial charge in [-0.3, -0.25) is 0 Å². The molecule has 0 radical (unpaired) electrons. The first kappa shape index (κ1) is 14.4. The van der Waals surface area contributed by atoms with Gasteiger partial charge in [-0.25, -0.2) is 8.42 Å². The first-order valence-electron chi connectivity index (χ1n) is 7.35. The van der Waals surface area contributed by atoms with Gasteiger partial charge in [0.2, 0.25) is 10.0 Å². The summed E-state index contributed by atoms with van der Waals surface area (Å²) < 4.78 is 25.8. The summed E-state index contributed by atoms with van der Waals surface area (Å²) in [6.07, 6.45) is 5.50. The highest BCUT2D eigenvalue weighted by Crippen LogP contribution is 2.29. The van der Waals surface area contributed by atoms with E-state index < -0.39 is 10.0 Å². The molecule has 2 aromatic rings. The van der Waals surface area contributed by atoms with Crippen molar-refractivity contribution in [2.45, 2.75) is 19.8 Å². The van der Waals surface area contributed by atoms with Gasteiger partial charge in [0.05, 0.1) is 5.75 Å². The number of nitrogens with zero attached hydrogens (tertiary/aromatic N) is 1. The van der Waals surface area contributed by atoms with Crippen molar-refractivity contribution in [1.82, 2.24) is 9.29 Å². The van der Waals surface area contributed by atoms with E-state index in [1.165, 1.54) is 16.5 Å². The maximum Gasteiger partial charge on any atom is 0.214 e. The molecule has 1 aromatic carbocycles. The van der Waals surface area contributed by atoms with Crippen LogP contribution >= 0.6 is 0 Å². The van der Waals surface area contributed by atoms with Gasteiger partial charge in [0, 0.05) is 35.8 Å². The molecule has 0 amide bonds. The van der Waals surface area contributed by atoms with E-state index in [1.54, 1.807) is 4.31 Å². The van der Waals surface area contributed by atoms with Crippen molar-refractivity contribution in [3.05, 3.63) is 42.1 Å². The van der Waals surface area contributed by atoms with Gasteiger partial charge in [-0.15, -0.1) is 0 Å². The number of hydrogen-bond acceptors (Lipinski definition) is 2. The van der Waals surface area contributed by atoms with Crippen LogP contribution in [0.15, 0.2) is 36.5 Å². The van der Waals surface area contributed by atoms with Crippen molar-refractivity contribution in [2.24, 2.45) is 0 Å². The maximum atomic E-state index is 12.1. The van der Waals surface area contributed by atoms with E-state index in [2.05, 4.69) is 17.1 Å². The number of benzene rings is 1. The van der Waals surface area contributed by atoms with Crippen LogP contribution in [0, 0.1) is 0 Å². The lowest BCUT2D eigenvalue weighted by Gasteiger charge is -2.25. The number of sulfonamides is 1. The monoisotopic (exact) mass is 304 g/mol. The molecule has 1 aliphatic rings. The summed E-state index contributed by atoms with van der Waals surface area (Å²) in [7, 11) is -3.09. The minimum absolute atomic E-state index is 0.239. The summed E-state index contributed by atoms with van der Waals surface area (Å²) in [4.78, 5) is 3.27. The van der Waals surface area contributed by atoms with Crippen LogP contribution in [0.25, 0.3) is 16.5 Å². The van der Waals surface area contributed by atoms with E-state index in [0.29, 0.717) is 19.5 Å². The van der Waals surface area contributed by atoms with Gasteiger partial charge in [-0.05, 0) is 24.5 Å². The van der Waals surface area contributed by atoms with Crippen molar-refractivity contribution >= 4 is 26.5 Å². The number of hydrogen-bond donors (Lipinski definition) is 1. The van der Waals surface area contributed by atoms with Gasteiger partial charge in [-0.2, -0.15) is 4.31 Å². The van der Waals surface area contributed by atoms with Gasteiger partial charge < -0.3 is 4.98 Å². The van der Waals surface area contributed by atoms with E-state index >= 15 is 0 Å². The quantitative estimate of drug-likeness (QED) is 0.944. The lowest BCUT2D eigenvalue weighted by Crippen LogP contribution is -2.36. The Balaban J connectivity index is 1.85. The Bertz CT molecular complexity index is 774. The van der Waals surface area contributed by atoms with Gasteiger partial charge in [0.15, 0.2) is 0 Å². The Morgan fingerprint density at radius 1 is 1.29 bits per heavy atom. The average molecular weight is 304 g/mol. The van der Waals surface area contributed by atoms with Gasteiger partial charge in [0.1, 0.15) is 0 Å². The third-order valence-electron chi connectivity index (χ3n) is 3.96. The molecule has 0 spiro atoms. The fraction of sp³-hybridized carbons (Fsp3) is 0.375. The summed E-state index contributed by atoms with van der Waals surface area (Å²) in [6.45, 7) is 2.96. The summed E-state index contributed by atoms with van der Waals surface area (Å²) in [5.74, 6) is 0.239. The van der Waals surface area contributed by atoms with Crippen LogP contribution in [-0.2, 0) is 10.0 Å². The topological polar surface area (TPSA) is 53.2 Å². The van der Waals surface area contributed by atoms with E-state index in [-0.39, 0.29) is 5.75 Å². The minimum Gasteiger partial charge on any atom is -0.361 e. The second kappa shape index (κ2) is 5.66. The largest absolute Gasteiger partial charge is 0.361 e. The molecule has 0 fully saturated rings. The summed E-state index contributed by atoms with van der Waals surface area (Å²) in [5.41, 5.74) is 3.54. The molecule has 0 aliphatic carbocycles. The Kier molecular flexibility index (Phi) is 3.87. The Labute approximate surface area is 125 Å². The van der Waals surface area contributed by atoms with Crippen LogP contribution in [-0.4, -0.2) is 36.5 Å². The normalized spacial score (nSPS) is 17.1. The SMILES string of the molecule is CCCS(=O)(=O)N1CC=C(c2c[nH]c3ccccc23)CC1. The first-order chi connectivity index (χ1) is 10.1. The number of aromatic nitrogens is 1. The smallest absolute Gasteiger partial charge is 0.214 e. The van der Waals surface area contributed by atoms with Crippen molar-refractivity contribution in [3.63, 3.8) is 0 Å². The number of H-pyrrole nitrogens is 1. The Hall–Kier alpha value is -1.59. The highest BCUT2D eigenvalue weighted by molar-refractivity contribution is 7.89. The summed E-state index contributed by atoms with van der Waals surface area (Å²) >= 11 is 0. The molecule has 0 atom stereocenters. The zero-order valence-corrected chi connectivity index (χ0v) is 13.0. The Morgan fingerprint density at radius 2 is 2.10 bits per heavy atom. The van der Waals surface area contributed by atoms with E-state index in [0.717, 1.165) is 11.9 Å². The van der Waals surface area contributed by atoms with Gasteiger partial charge >= 0.3 is 0 Å². The second-order valence-corrected chi connectivity index (χ2v) is 7.49. The van der Waals surface area contributed by atoms with E-state index in [4.69, 9.17) is 0 Å². The maximum absolute atomic E-state index is 12.1. The number of aromatic amines is 1. The minimum atomic E-state index is -3.09. The predicted molar refractivity (Wildman–Crippen MR) is 86.5 cm³/mol. The predicted octanol–water partition coefficient (Wildman–Crippen LogP) is 3.00. The first-order valence-corrected chi connectivity index (χ1v) is 8.96. The molecular formula is C16H20N2O2S. The molecule has 2 heterocycles. The molecule has 1 N–H and O–H groups in total. The lowest BCUT2D eigenvalue weighted by atomic mass is 10.00. The molecule has 3 rings (SSSR count). The molecule has 0 bridgehead atoms. The van der Waals surface area contributed by atoms with Gasteiger partial charge in [-0.1, -0.05) is 31.2 Å². The van der Waals surface area contributed by atoms with Crippen LogP contribution in [0.3, 0.4) is 0 Å². The third-order valence-corrected chi connectivity index (χ3v) is 6.01. The third kappa shape index (κ3) is 2.76. The number of fused-ring (bicyclic) bond motifs is 1. The van der Waals surface area contributed by atoms with Crippen LogP contribution in [0.4, 0.5) is 0 Å². The van der Waals surface area contributed by atoms with Crippen LogP contribution in [0.5, 0.6) is 0 Å². The van der Waals surface area contributed by atoms with Gasteiger partial charge in [0.25, 0.3) is 0 Å². The molecular weight excluding hydrogens is 284 g/mol. The van der Waals surface area contributed by atoms with Crippen molar-refractivity contribution in [1.29, 1.82) is 0 Å². The number of para-hydroxylation sites is 1. The van der Waals surface area contributed by atoms with E-state index in [1.807, 2.05) is 31.3 Å². The summed E-state index contributed by atoms with van der Waals surface area (Å²) in [5, 5.41) is 1.20. The highest BCUT2D eigenvalue weighted by Gasteiger charge is 2.24. The molecule has 112 valence electrons. The number of rotatable bonds is 4. The molecule has 0 unspecified atom stereocenters. The molecule has 0 saturated carbocycles. The highest BCUT2D eigenvalue weighted by atomic mass is 32.2. The standard InChI is InChI=1S/C16H20N2O2S/c1-2-11-21(19,20)18-9-7-13(8-10-18)15-12-17-16-6-4-3-5-14(15)16/h3-7,12,17H,2,8-11H2,1H3. The molecule has 21 heavy (non-hydrogen) atoms.